The van der Waals surface area contributed by atoms with Crippen LogP contribution in [0, 0.1) is 5.82 Å². The predicted molar refractivity (Wildman–Crippen MR) is 125 cm³/mol. The minimum Gasteiger partial charge on any atom is -0.335 e. The Morgan fingerprint density at radius 1 is 0.969 bits per heavy atom. The number of imide groups is 1. The van der Waals surface area contributed by atoms with Crippen molar-refractivity contribution in [2.75, 3.05) is 5.32 Å². The fraction of sp³-hybridized carbons (Fsp3) is 0.0435. The van der Waals surface area contributed by atoms with Crippen LogP contribution in [-0.2, 0) is 9.59 Å². The van der Waals surface area contributed by atoms with E-state index in [2.05, 4.69) is 20.6 Å². The second-order valence-corrected chi connectivity index (χ2v) is 7.87. The van der Waals surface area contributed by atoms with E-state index in [9.17, 15) is 14.0 Å². The summed E-state index contributed by atoms with van der Waals surface area (Å²) in [6.07, 6.45) is 0. The average Bonchev–Trinajstić information content (AvgIpc) is 3.31. The van der Waals surface area contributed by atoms with E-state index in [0.29, 0.717) is 22.0 Å². The van der Waals surface area contributed by atoms with Crippen LogP contribution in [0.15, 0.2) is 71.2 Å². The molecule has 9 heteroatoms. The van der Waals surface area contributed by atoms with Crippen molar-refractivity contribution in [3.63, 3.8) is 0 Å². The number of anilines is 1. The number of carbonyl (C=O) groups is 2. The Labute approximate surface area is 192 Å². The zero-order valence-electron chi connectivity index (χ0n) is 16.7. The molecule has 0 atom stereocenters. The highest BCUT2D eigenvalue weighted by Gasteiger charge is 2.28. The molecule has 2 aromatic heterocycles. The highest BCUT2D eigenvalue weighted by molar-refractivity contribution is 7.17. The maximum Gasteiger partial charge on any atom is 0.275 e. The van der Waals surface area contributed by atoms with Gasteiger partial charge in [-0.3, -0.25) is 14.9 Å². The first-order valence-electron chi connectivity index (χ1n) is 9.45. The second-order valence-electron chi connectivity index (χ2n) is 7.01. The SMILES string of the molecule is CC1=C(Nc2nc(-c3cccc(F)c3)nc3scc(-c4ccccc4)c23)C(=O)NC1=O.Cl. The topological polar surface area (TPSA) is 84.0 Å². The lowest BCUT2D eigenvalue weighted by Gasteiger charge is -2.11. The second kappa shape index (κ2) is 8.49. The maximum absolute atomic E-state index is 13.8. The van der Waals surface area contributed by atoms with Crippen LogP contribution in [0.1, 0.15) is 6.92 Å². The largest absolute Gasteiger partial charge is 0.335 e. The van der Waals surface area contributed by atoms with Gasteiger partial charge in [-0.2, -0.15) is 0 Å². The zero-order valence-corrected chi connectivity index (χ0v) is 18.3. The summed E-state index contributed by atoms with van der Waals surface area (Å²) in [5, 5.41) is 8.01. The summed E-state index contributed by atoms with van der Waals surface area (Å²) in [5.74, 6) is -0.663. The summed E-state index contributed by atoms with van der Waals surface area (Å²) < 4.78 is 13.8. The highest BCUT2D eigenvalue weighted by atomic mass is 35.5. The van der Waals surface area contributed by atoms with E-state index < -0.39 is 17.6 Å². The molecule has 32 heavy (non-hydrogen) atoms. The number of hydrogen-bond donors (Lipinski definition) is 2. The van der Waals surface area contributed by atoms with E-state index >= 15 is 0 Å². The van der Waals surface area contributed by atoms with Gasteiger partial charge in [0, 0.05) is 22.1 Å². The molecule has 2 amide bonds. The Morgan fingerprint density at radius 2 is 1.72 bits per heavy atom. The van der Waals surface area contributed by atoms with Gasteiger partial charge in [0.1, 0.15) is 22.2 Å². The summed E-state index contributed by atoms with van der Waals surface area (Å²) in [6.45, 7) is 1.57. The highest BCUT2D eigenvalue weighted by Crippen LogP contribution is 2.39. The molecular weight excluding hydrogens is 451 g/mol. The van der Waals surface area contributed by atoms with E-state index in [0.717, 1.165) is 16.5 Å². The van der Waals surface area contributed by atoms with Crippen LogP contribution >= 0.6 is 23.7 Å². The number of thiophene rings is 1. The molecule has 1 aliphatic rings. The molecular formula is C23H16ClFN4O2S. The van der Waals surface area contributed by atoms with Crippen LogP contribution in [0.5, 0.6) is 0 Å². The van der Waals surface area contributed by atoms with Crippen LogP contribution < -0.4 is 10.6 Å². The van der Waals surface area contributed by atoms with Gasteiger partial charge in [-0.15, -0.1) is 23.7 Å². The molecule has 0 unspecified atom stereocenters. The number of benzene rings is 2. The van der Waals surface area contributed by atoms with Crippen molar-refractivity contribution in [1.29, 1.82) is 0 Å². The van der Waals surface area contributed by atoms with Crippen molar-refractivity contribution in [2.45, 2.75) is 6.92 Å². The van der Waals surface area contributed by atoms with E-state index in [1.54, 1.807) is 19.1 Å². The predicted octanol–water partition coefficient (Wildman–Crippen LogP) is 4.93. The first kappa shape index (κ1) is 21.6. The third-order valence-corrected chi connectivity index (χ3v) is 5.89. The number of nitrogens with one attached hydrogen (secondary N) is 2. The van der Waals surface area contributed by atoms with Crippen LogP contribution in [0.25, 0.3) is 32.7 Å². The van der Waals surface area contributed by atoms with Crippen molar-refractivity contribution < 1.29 is 14.0 Å². The molecule has 0 saturated heterocycles. The van der Waals surface area contributed by atoms with Gasteiger partial charge in [0.15, 0.2) is 5.82 Å². The van der Waals surface area contributed by atoms with Gasteiger partial charge in [-0.1, -0.05) is 42.5 Å². The summed E-state index contributed by atoms with van der Waals surface area (Å²) >= 11 is 1.43. The Kier molecular flexibility index (Phi) is 5.73. The Hall–Kier alpha value is -3.62. The molecule has 0 bridgehead atoms. The van der Waals surface area contributed by atoms with Crippen LogP contribution in [0.3, 0.4) is 0 Å². The van der Waals surface area contributed by atoms with Crippen LogP contribution in [-0.4, -0.2) is 21.8 Å². The third-order valence-electron chi connectivity index (χ3n) is 5.01. The smallest absolute Gasteiger partial charge is 0.275 e. The first-order chi connectivity index (χ1) is 15.0. The minimum atomic E-state index is -0.516. The van der Waals surface area contributed by atoms with Gasteiger partial charge in [0.2, 0.25) is 0 Å². The van der Waals surface area contributed by atoms with Gasteiger partial charge in [-0.25, -0.2) is 14.4 Å². The Balaban J connectivity index is 0.00000245. The van der Waals surface area contributed by atoms with E-state index in [1.807, 2.05) is 35.7 Å². The number of aromatic nitrogens is 2. The number of halogens is 2. The number of nitrogens with zero attached hydrogens (tertiary/aromatic N) is 2. The third kappa shape index (κ3) is 3.74. The van der Waals surface area contributed by atoms with Crippen molar-refractivity contribution in [2.24, 2.45) is 0 Å². The first-order valence-corrected chi connectivity index (χ1v) is 10.3. The van der Waals surface area contributed by atoms with E-state index in [4.69, 9.17) is 0 Å². The molecule has 6 nitrogen and oxygen atoms in total. The number of fused-ring (bicyclic) bond motifs is 1. The quantitative estimate of drug-likeness (QED) is 0.417. The van der Waals surface area contributed by atoms with Gasteiger partial charge in [0.25, 0.3) is 11.8 Å². The fourth-order valence-electron chi connectivity index (χ4n) is 3.43. The van der Waals surface area contributed by atoms with Gasteiger partial charge < -0.3 is 5.32 Å². The number of hydrogen-bond acceptors (Lipinski definition) is 6. The maximum atomic E-state index is 13.8. The van der Waals surface area contributed by atoms with Gasteiger partial charge >= 0.3 is 0 Å². The molecule has 0 saturated carbocycles. The summed E-state index contributed by atoms with van der Waals surface area (Å²) in [4.78, 5) is 34.1. The molecule has 0 fully saturated rings. The zero-order chi connectivity index (χ0) is 21.5. The molecule has 2 aromatic carbocycles. The lowest BCUT2D eigenvalue weighted by atomic mass is 10.1. The van der Waals surface area contributed by atoms with Crippen molar-refractivity contribution in [3.8, 4) is 22.5 Å². The summed E-state index contributed by atoms with van der Waals surface area (Å²) in [5.41, 5.74) is 2.80. The molecule has 0 radical (unpaired) electrons. The Bertz CT molecular complexity index is 1400. The number of amides is 2. The van der Waals surface area contributed by atoms with Crippen molar-refractivity contribution in [1.82, 2.24) is 15.3 Å². The van der Waals surface area contributed by atoms with Crippen molar-refractivity contribution in [3.05, 3.63) is 77.1 Å². The minimum absolute atomic E-state index is 0. The lowest BCUT2D eigenvalue weighted by molar-refractivity contribution is -0.124. The molecule has 160 valence electrons. The molecule has 3 heterocycles. The lowest BCUT2D eigenvalue weighted by Crippen LogP contribution is -2.24. The summed E-state index contributed by atoms with van der Waals surface area (Å²) in [7, 11) is 0. The standard InChI is InChI=1S/C23H15FN4O2S.ClH/c1-12-18(22(30)28-21(12)29)25-20-17-16(13-6-3-2-4-7-13)11-31-23(17)27-19(26-20)14-8-5-9-15(24)10-14;/h2-11H,1H3,(H2,25,26,27,28,29,30);1H. The molecule has 0 aliphatic carbocycles. The van der Waals surface area contributed by atoms with Gasteiger partial charge in [-0.05, 0) is 24.6 Å². The normalized spacial score (nSPS) is 13.3. The monoisotopic (exact) mass is 466 g/mol. The molecule has 1 aliphatic heterocycles. The van der Waals surface area contributed by atoms with E-state index in [-0.39, 0.29) is 23.7 Å². The molecule has 5 rings (SSSR count). The molecule has 4 aromatic rings. The van der Waals surface area contributed by atoms with Crippen LogP contribution in [0.4, 0.5) is 10.2 Å². The summed E-state index contributed by atoms with van der Waals surface area (Å²) in [6, 6.07) is 15.8. The number of rotatable bonds is 4. The van der Waals surface area contributed by atoms with Gasteiger partial charge in [0.05, 0.1) is 5.39 Å². The van der Waals surface area contributed by atoms with Crippen LogP contribution in [0.2, 0.25) is 0 Å². The Morgan fingerprint density at radius 3 is 2.41 bits per heavy atom. The molecule has 2 N–H and O–H groups in total. The fourth-order valence-corrected chi connectivity index (χ4v) is 4.38. The van der Waals surface area contributed by atoms with Crippen molar-refractivity contribution >= 4 is 51.6 Å². The number of carbonyl (C=O) groups excluding carboxylic acids is 2. The average molecular weight is 467 g/mol. The molecule has 0 spiro atoms. The van der Waals surface area contributed by atoms with E-state index in [1.165, 1.54) is 23.5 Å².